The number of aryl methyl sites for hydroxylation is 1. The molecule has 0 saturated heterocycles. The van der Waals surface area contributed by atoms with Gasteiger partial charge in [-0.1, -0.05) is 37.6 Å². The number of amides is 1. The molecule has 27 heavy (non-hydrogen) atoms. The van der Waals surface area contributed by atoms with Gasteiger partial charge < -0.3 is 10.1 Å². The molecule has 0 spiro atoms. The van der Waals surface area contributed by atoms with Crippen LogP contribution in [0.4, 0.5) is 5.69 Å². The number of anilines is 1. The second-order valence-electron chi connectivity index (χ2n) is 6.76. The number of carbonyl (C=O) groups excluding carboxylic acids is 1. The van der Waals surface area contributed by atoms with Crippen LogP contribution in [0.15, 0.2) is 47.4 Å². The standard InChI is InChI=1S/C20H26N2O4S/c1-13(2)16-8-11-18(26-5)19(12-16)27(24,25)22-15(4)20(23)21-17-9-6-14(3)7-10-17/h6-13,15,22H,1-5H3,(H,21,23). The first-order chi connectivity index (χ1) is 12.6. The van der Waals surface area contributed by atoms with Crippen molar-refractivity contribution in [2.45, 2.75) is 44.6 Å². The molecule has 146 valence electrons. The zero-order valence-corrected chi connectivity index (χ0v) is 17.1. The van der Waals surface area contributed by atoms with Crippen LogP contribution in [0.25, 0.3) is 0 Å². The topological polar surface area (TPSA) is 84.5 Å². The summed E-state index contributed by atoms with van der Waals surface area (Å²) in [7, 11) is -2.52. The van der Waals surface area contributed by atoms with Crippen LogP contribution in [0, 0.1) is 6.92 Å². The highest BCUT2D eigenvalue weighted by molar-refractivity contribution is 7.89. The van der Waals surface area contributed by atoms with Gasteiger partial charge in [0.2, 0.25) is 15.9 Å². The molecule has 0 fully saturated rings. The molecule has 1 unspecified atom stereocenters. The lowest BCUT2D eigenvalue weighted by atomic mass is 10.0. The van der Waals surface area contributed by atoms with Crippen LogP contribution in [0.5, 0.6) is 5.75 Å². The fourth-order valence-electron chi connectivity index (χ4n) is 2.50. The van der Waals surface area contributed by atoms with E-state index >= 15 is 0 Å². The van der Waals surface area contributed by atoms with Crippen molar-refractivity contribution in [3.8, 4) is 5.75 Å². The number of hydrogen-bond donors (Lipinski definition) is 2. The average molecular weight is 391 g/mol. The molecule has 0 aliphatic rings. The van der Waals surface area contributed by atoms with E-state index in [0.29, 0.717) is 5.69 Å². The van der Waals surface area contributed by atoms with Crippen LogP contribution < -0.4 is 14.8 Å². The van der Waals surface area contributed by atoms with Crippen molar-refractivity contribution >= 4 is 21.6 Å². The van der Waals surface area contributed by atoms with E-state index in [9.17, 15) is 13.2 Å². The lowest BCUT2D eigenvalue weighted by Gasteiger charge is -2.17. The summed E-state index contributed by atoms with van der Waals surface area (Å²) in [6, 6.07) is 11.4. The summed E-state index contributed by atoms with van der Waals surface area (Å²) in [5, 5.41) is 2.70. The van der Waals surface area contributed by atoms with Gasteiger partial charge in [-0.25, -0.2) is 8.42 Å². The summed E-state index contributed by atoms with van der Waals surface area (Å²) in [4.78, 5) is 12.4. The Morgan fingerprint density at radius 2 is 1.67 bits per heavy atom. The van der Waals surface area contributed by atoms with Crippen LogP contribution in [0.2, 0.25) is 0 Å². The van der Waals surface area contributed by atoms with Crippen molar-refractivity contribution in [3.05, 3.63) is 53.6 Å². The largest absolute Gasteiger partial charge is 0.495 e. The van der Waals surface area contributed by atoms with Crippen LogP contribution in [0.1, 0.15) is 37.8 Å². The van der Waals surface area contributed by atoms with Gasteiger partial charge in [0, 0.05) is 5.69 Å². The molecule has 7 heteroatoms. The van der Waals surface area contributed by atoms with E-state index in [1.807, 2.05) is 39.0 Å². The summed E-state index contributed by atoms with van der Waals surface area (Å²) in [5.41, 5.74) is 2.54. The lowest BCUT2D eigenvalue weighted by Crippen LogP contribution is -2.41. The molecule has 2 rings (SSSR count). The highest BCUT2D eigenvalue weighted by Crippen LogP contribution is 2.28. The number of carbonyl (C=O) groups is 1. The maximum absolute atomic E-state index is 12.8. The van der Waals surface area contributed by atoms with E-state index in [2.05, 4.69) is 10.0 Å². The van der Waals surface area contributed by atoms with Crippen LogP contribution in [-0.4, -0.2) is 27.5 Å². The first kappa shape index (κ1) is 20.9. The fraction of sp³-hybridized carbons (Fsp3) is 0.350. The molecule has 2 N–H and O–H groups in total. The number of benzene rings is 2. The van der Waals surface area contributed by atoms with E-state index in [-0.39, 0.29) is 16.6 Å². The number of sulfonamides is 1. The quantitative estimate of drug-likeness (QED) is 0.758. The number of nitrogens with one attached hydrogen (secondary N) is 2. The Labute approximate surface area is 161 Å². The van der Waals surface area contributed by atoms with Crippen molar-refractivity contribution in [2.75, 3.05) is 12.4 Å². The van der Waals surface area contributed by atoms with Crippen molar-refractivity contribution in [1.29, 1.82) is 0 Å². The maximum Gasteiger partial charge on any atom is 0.244 e. The van der Waals surface area contributed by atoms with E-state index in [0.717, 1.165) is 11.1 Å². The van der Waals surface area contributed by atoms with Gasteiger partial charge in [-0.05, 0) is 49.6 Å². The van der Waals surface area contributed by atoms with E-state index in [1.165, 1.54) is 14.0 Å². The predicted molar refractivity (Wildman–Crippen MR) is 107 cm³/mol. The minimum Gasteiger partial charge on any atom is -0.495 e. The Bertz CT molecular complexity index is 906. The van der Waals surface area contributed by atoms with E-state index in [4.69, 9.17) is 4.74 Å². The Kier molecular flexibility index (Phi) is 6.62. The number of ether oxygens (including phenoxy) is 1. The smallest absolute Gasteiger partial charge is 0.244 e. The molecule has 0 aromatic heterocycles. The van der Waals surface area contributed by atoms with Gasteiger partial charge in [0.25, 0.3) is 0 Å². The SMILES string of the molecule is COc1ccc(C(C)C)cc1S(=O)(=O)NC(C)C(=O)Nc1ccc(C)cc1. The second-order valence-corrected chi connectivity index (χ2v) is 8.45. The molecule has 0 saturated carbocycles. The number of hydrogen-bond acceptors (Lipinski definition) is 4. The van der Waals surface area contributed by atoms with Crippen molar-refractivity contribution in [2.24, 2.45) is 0 Å². The van der Waals surface area contributed by atoms with Gasteiger partial charge in [-0.2, -0.15) is 4.72 Å². The third-order valence-electron chi connectivity index (χ3n) is 4.19. The molecule has 1 atom stereocenters. The fourth-order valence-corrected chi connectivity index (χ4v) is 3.91. The molecule has 0 aliphatic heterocycles. The summed E-state index contributed by atoms with van der Waals surface area (Å²) in [6.45, 7) is 7.40. The Morgan fingerprint density at radius 1 is 1.04 bits per heavy atom. The third kappa shape index (κ3) is 5.30. The normalized spacial score (nSPS) is 12.7. The molecule has 0 bridgehead atoms. The summed E-state index contributed by atoms with van der Waals surface area (Å²) in [5.74, 6) is -0.0495. The molecule has 6 nitrogen and oxygen atoms in total. The highest BCUT2D eigenvalue weighted by Gasteiger charge is 2.25. The Hall–Kier alpha value is -2.38. The number of rotatable bonds is 7. The lowest BCUT2D eigenvalue weighted by molar-refractivity contribution is -0.117. The molecule has 0 heterocycles. The number of methoxy groups -OCH3 is 1. The van der Waals surface area contributed by atoms with Gasteiger partial charge in [-0.15, -0.1) is 0 Å². The maximum atomic E-state index is 12.8. The van der Waals surface area contributed by atoms with Gasteiger partial charge in [-0.3, -0.25) is 4.79 Å². The molecule has 2 aromatic carbocycles. The van der Waals surface area contributed by atoms with Crippen molar-refractivity contribution in [3.63, 3.8) is 0 Å². The van der Waals surface area contributed by atoms with Crippen LogP contribution in [0.3, 0.4) is 0 Å². The highest BCUT2D eigenvalue weighted by atomic mass is 32.2. The first-order valence-corrected chi connectivity index (χ1v) is 10.2. The van der Waals surface area contributed by atoms with Gasteiger partial charge in [0.15, 0.2) is 0 Å². The summed E-state index contributed by atoms with van der Waals surface area (Å²) in [6.07, 6.45) is 0. The molecule has 2 aromatic rings. The summed E-state index contributed by atoms with van der Waals surface area (Å²) >= 11 is 0. The second kappa shape index (κ2) is 8.54. The van der Waals surface area contributed by atoms with Crippen molar-refractivity contribution in [1.82, 2.24) is 4.72 Å². The van der Waals surface area contributed by atoms with Crippen molar-refractivity contribution < 1.29 is 17.9 Å². The monoisotopic (exact) mass is 390 g/mol. The van der Waals surface area contributed by atoms with E-state index in [1.54, 1.807) is 24.3 Å². The van der Waals surface area contributed by atoms with Gasteiger partial charge in [0.1, 0.15) is 10.6 Å². The molecular formula is C20H26N2O4S. The predicted octanol–water partition coefficient (Wildman–Crippen LogP) is 3.43. The zero-order chi connectivity index (χ0) is 20.2. The minimum absolute atomic E-state index is 0.0196. The molecule has 1 amide bonds. The van der Waals surface area contributed by atoms with Gasteiger partial charge >= 0.3 is 0 Å². The average Bonchev–Trinajstić information content (AvgIpc) is 2.62. The minimum atomic E-state index is -3.94. The third-order valence-corrected chi connectivity index (χ3v) is 5.75. The zero-order valence-electron chi connectivity index (χ0n) is 16.2. The molecular weight excluding hydrogens is 364 g/mol. The first-order valence-electron chi connectivity index (χ1n) is 8.72. The molecule has 0 aliphatic carbocycles. The Balaban J connectivity index is 2.20. The summed E-state index contributed by atoms with van der Waals surface area (Å²) < 4.78 is 33.3. The van der Waals surface area contributed by atoms with Crippen LogP contribution >= 0.6 is 0 Å². The van der Waals surface area contributed by atoms with Gasteiger partial charge in [0.05, 0.1) is 13.2 Å². The van der Waals surface area contributed by atoms with Crippen LogP contribution in [-0.2, 0) is 14.8 Å². The molecule has 0 radical (unpaired) electrons. The Morgan fingerprint density at radius 3 is 2.22 bits per heavy atom. The van der Waals surface area contributed by atoms with E-state index < -0.39 is 22.0 Å².